The summed E-state index contributed by atoms with van der Waals surface area (Å²) in [6, 6.07) is 17.9. The molecule has 0 atom stereocenters. The summed E-state index contributed by atoms with van der Waals surface area (Å²) in [6.07, 6.45) is 3.62. The molecule has 29 heavy (non-hydrogen) atoms. The number of fused-ring (bicyclic) bond motifs is 1. The molecule has 0 saturated heterocycles. The highest BCUT2D eigenvalue weighted by Crippen LogP contribution is 2.32. The second-order valence-electron chi connectivity index (χ2n) is 7.53. The lowest BCUT2D eigenvalue weighted by Crippen LogP contribution is -2.13. The molecule has 0 bridgehead atoms. The number of rotatable bonds is 5. The third-order valence-corrected chi connectivity index (χ3v) is 5.07. The van der Waals surface area contributed by atoms with Crippen molar-refractivity contribution in [3.8, 4) is 11.1 Å². The average Bonchev–Trinajstić information content (AvgIpc) is 3.21. The molecule has 0 aliphatic rings. The lowest BCUT2D eigenvalue weighted by Gasteiger charge is -2.17. The third kappa shape index (κ3) is 3.59. The third-order valence-electron chi connectivity index (χ3n) is 5.07. The molecule has 4 aromatic rings. The van der Waals surface area contributed by atoms with Crippen molar-refractivity contribution in [2.75, 3.05) is 38.0 Å². The van der Waals surface area contributed by atoms with Crippen LogP contribution in [0.2, 0.25) is 0 Å². The summed E-state index contributed by atoms with van der Waals surface area (Å²) in [5.74, 6) is 0.749. The van der Waals surface area contributed by atoms with Crippen LogP contribution in [0, 0.1) is 0 Å². The van der Waals surface area contributed by atoms with Crippen molar-refractivity contribution in [1.82, 2.24) is 9.97 Å². The van der Waals surface area contributed by atoms with Crippen molar-refractivity contribution in [2.45, 2.75) is 0 Å². The van der Waals surface area contributed by atoms with E-state index in [2.05, 4.69) is 34.2 Å². The van der Waals surface area contributed by atoms with E-state index >= 15 is 0 Å². The summed E-state index contributed by atoms with van der Waals surface area (Å²) in [5.41, 5.74) is 5.48. The van der Waals surface area contributed by atoms with Crippen LogP contribution in [-0.4, -0.2) is 43.9 Å². The molecule has 0 amide bonds. The van der Waals surface area contributed by atoms with E-state index in [1.807, 2.05) is 68.5 Å². The first-order valence-corrected chi connectivity index (χ1v) is 9.51. The number of carbonyl (C=O) groups is 1. The SMILES string of the molecule is CN(C)c1cc(C(=O)c2ccnc(N(C)C)c2)cc(-c2cccc3[nH]ccc23)c1. The molecule has 0 spiro atoms. The Morgan fingerprint density at radius 2 is 1.72 bits per heavy atom. The Bertz CT molecular complexity index is 1190. The lowest BCUT2D eigenvalue weighted by molar-refractivity contribution is 0.103. The Morgan fingerprint density at radius 1 is 0.897 bits per heavy atom. The van der Waals surface area contributed by atoms with Crippen LogP contribution in [0.15, 0.2) is 67.0 Å². The molecule has 0 radical (unpaired) electrons. The summed E-state index contributed by atoms with van der Waals surface area (Å²) in [6.45, 7) is 0. The van der Waals surface area contributed by atoms with Crippen LogP contribution in [0.4, 0.5) is 11.5 Å². The largest absolute Gasteiger partial charge is 0.378 e. The van der Waals surface area contributed by atoms with E-state index < -0.39 is 0 Å². The van der Waals surface area contributed by atoms with Gasteiger partial charge in [-0.1, -0.05) is 12.1 Å². The molecule has 2 aromatic heterocycles. The molecule has 0 aliphatic carbocycles. The van der Waals surface area contributed by atoms with Crippen LogP contribution < -0.4 is 9.80 Å². The van der Waals surface area contributed by atoms with Crippen molar-refractivity contribution in [2.24, 2.45) is 0 Å². The quantitative estimate of drug-likeness (QED) is 0.511. The van der Waals surface area contributed by atoms with Gasteiger partial charge in [0.1, 0.15) is 5.82 Å². The van der Waals surface area contributed by atoms with Gasteiger partial charge in [-0.05, 0) is 53.6 Å². The van der Waals surface area contributed by atoms with Crippen LogP contribution in [-0.2, 0) is 0 Å². The summed E-state index contributed by atoms with van der Waals surface area (Å²) >= 11 is 0. The number of aromatic nitrogens is 2. The topological polar surface area (TPSA) is 52.2 Å². The van der Waals surface area contributed by atoms with E-state index in [1.54, 1.807) is 12.3 Å². The molecule has 0 fully saturated rings. The Kier molecular flexibility index (Phi) is 4.80. The first kappa shape index (κ1) is 18.7. The second-order valence-corrected chi connectivity index (χ2v) is 7.53. The maximum absolute atomic E-state index is 13.3. The molecule has 0 aliphatic heterocycles. The fourth-order valence-electron chi connectivity index (χ4n) is 3.46. The molecule has 2 aromatic carbocycles. The van der Waals surface area contributed by atoms with Gasteiger partial charge in [0.2, 0.25) is 0 Å². The van der Waals surface area contributed by atoms with Crippen LogP contribution in [0.5, 0.6) is 0 Å². The number of benzene rings is 2. The van der Waals surface area contributed by atoms with Crippen LogP contribution in [0.3, 0.4) is 0 Å². The highest BCUT2D eigenvalue weighted by atomic mass is 16.1. The molecule has 0 unspecified atom stereocenters. The highest BCUT2D eigenvalue weighted by molar-refractivity contribution is 6.11. The van der Waals surface area contributed by atoms with Crippen LogP contribution >= 0.6 is 0 Å². The van der Waals surface area contributed by atoms with E-state index in [0.29, 0.717) is 11.1 Å². The predicted molar refractivity (Wildman–Crippen MR) is 120 cm³/mol. The molecule has 146 valence electrons. The normalized spacial score (nSPS) is 10.9. The molecule has 5 nitrogen and oxygen atoms in total. The Morgan fingerprint density at radius 3 is 2.48 bits per heavy atom. The van der Waals surface area contributed by atoms with Crippen molar-refractivity contribution in [3.63, 3.8) is 0 Å². The number of nitrogens with zero attached hydrogens (tertiary/aromatic N) is 3. The smallest absolute Gasteiger partial charge is 0.193 e. The predicted octanol–water partition coefficient (Wildman–Crippen LogP) is 4.59. The van der Waals surface area contributed by atoms with Gasteiger partial charge in [0, 0.05) is 68.3 Å². The fourth-order valence-corrected chi connectivity index (χ4v) is 3.46. The summed E-state index contributed by atoms with van der Waals surface area (Å²) < 4.78 is 0. The Balaban J connectivity index is 1.85. The summed E-state index contributed by atoms with van der Waals surface area (Å²) in [5, 5.41) is 1.14. The Hall–Kier alpha value is -3.60. The average molecular weight is 384 g/mol. The van der Waals surface area contributed by atoms with Gasteiger partial charge in [0.15, 0.2) is 5.78 Å². The first-order valence-electron chi connectivity index (χ1n) is 9.51. The van der Waals surface area contributed by atoms with E-state index in [-0.39, 0.29) is 5.78 Å². The number of H-pyrrole nitrogens is 1. The first-order chi connectivity index (χ1) is 13.9. The van der Waals surface area contributed by atoms with Gasteiger partial charge in [-0.2, -0.15) is 0 Å². The zero-order valence-electron chi connectivity index (χ0n) is 17.1. The minimum absolute atomic E-state index is 0.0123. The van der Waals surface area contributed by atoms with Crippen LogP contribution in [0.25, 0.3) is 22.0 Å². The van der Waals surface area contributed by atoms with E-state index in [0.717, 1.165) is 33.5 Å². The monoisotopic (exact) mass is 384 g/mol. The van der Waals surface area contributed by atoms with Gasteiger partial charge in [-0.25, -0.2) is 4.98 Å². The molecule has 4 rings (SSSR count). The second kappa shape index (κ2) is 7.43. The van der Waals surface area contributed by atoms with E-state index in [1.165, 1.54) is 0 Å². The van der Waals surface area contributed by atoms with E-state index in [4.69, 9.17) is 0 Å². The van der Waals surface area contributed by atoms with E-state index in [9.17, 15) is 4.79 Å². The molecule has 1 N–H and O–H groups in total. The molecule has 2 heterocycles. The number of pyridine rings is 1. The van der Waals surface area contributed by atoms with Gasteiger partial charge < -0.3 is 14.8 Å². The number of carbonyl (C=O) groups excluding carboxylic acids is 1. The van der Waals surface area contributed by atoms with Gasteiger partial charge in [0.05, 0.1) is 0 Å². The standard InChI is InChI=1S/C24H24N4O/c1-27(2)19-13-17(20-6-5-7-22-21(20)9-11-25-22)12-18(14-19)24(29)16-8-10-26-23(15-16)28(3)4/h5-15,25H,1-4H3. The lowest BCUT2D eigenvalue weighted by atomic mass is 9.95. The summed E-state index contributed by atoms with van der Waals surface area (Å²) in [4.78, 5) is 24.8. The van der Waals surface area contributed by atoms with Crippen molar-refractivity contribution < 1.29 is 4.79 Å². The van der Waals surface area contributed by atoms with Crippen molar-refractivity contribution in [3.05, 3.63) is 78.1 Å². The van der Waals surface area contributed by atoms with Gasteiger partial charge in [-0.15, -0.1) is 0 Å². The number of aromatic amines is 1. The number of ketones is 1. The zero-order valence-corrected chi connectivity index (χ0v) is 17.1. The number of hydrogen-bond acceptors (Lipinski definition) is 4. The number of anilines is 2. The number of nitrogens with one attached hydrogen (secondary N) is 1. The summed E-state index contributed by atoms with van der Waals surface area (Å²) in [7, 11) is 7.81. The van der Waals surface area contributed by atoms with Gasteiger partial charge in [-0.3, -0.25) is 4.79 Å². The van der Waals surface area contributed by atoms with Crippen molar-refractivity contribution >= 4 is 28.2 Å². The zero-order chi connectivity index (χ0) is 20.5. The van der Waals surface area contributed by atoms with Crippen LogP contribution in [0.1, 0.15) is 15.9 Å². The molecule has 0 saturated carbocycles. The van der Waals surface area contributed by atoms with Gasteiger partial charge >= 0.3 is 0 Å². The fraction of sp³-hybridized carbons (Fsp3) is 0.167. The van der Waals surface area contributed by atoms with Crippen molar-refractivity contribution in [1.29, 1.82) is 0 Å². The minimum atomic E-state index is -0.0123. The maximum Gasteiger partial charge on any atom is 0.193 e. The minimum Gasteiger partial charge on any atom is -0.378 e. The molecular weight excluding hydrogens is 360 g/mol. The molecular formula is C24H24N4O. The highest BCUT2D eigenvalue weighted by Gasteiger charge is 2.15. The Labute approximate surface area is 170 Å². The molecule has 5 heteroatoms. The van der Waals surface area contributed by atoms with Gasteiger partial charge in [0.25, 0.3) is 0 Å². The maximum atomic E-state index is 13.3. The number of hydrogen-bond donors (Lipinski definition) is 1.